The van der Waals surface area contributed by atoms with Crippen LogP contribution in [0.2, 0.25) is 5.02 Å². The average molecular weight is 358 g/mol. The largest absolute Gasteiger partial charge is 0.461 e. The van der Waals surface area contributed by atoms with Crippen LogP contribution in [0.4, 0.5) is 0 Å². The molecule has 2 aromatic rings. The number of hydrogen-bond acceptors (Lipinski definition) is 3. The smallest absolute Gasteiger partial charge is 0.309 e. The number of hydrogen-bond donors (Lipinski definition) is 0. The standard InChI is InChI=1S/C20H20ClNO3/c21-18-8-6-16(7-9-18)19(23)22-12-10-17(11-13-22)20(24)25-14-15-4-2-1-3-5-15/h1-9,17H,10-14H2. The van der Waals surface area contributed by atoms with E-state index >= 15 is 0 Å². The molecule has 1 amide bonds. The van der Waals surface area contributed by atoms with E-state index in [2.05, 4.69) is 0 Å². The number of esters is 1. The maximum atomic E-state index is 12.5. The van der Waals surface area contributed by atoms with Gasteiger partial charge in [0.1, 0.15) is 6.61 Å². The zero-order valence-electron chi connectivity index (χ0n) is 13.9. The molecule has 1 fully saturated rings. The van der Waals surface area contributed by atoms with E-state index in [1.54, 1.807) is 29.2 Å². The summed E-state index contributed by atoms with van der Waals surface area (Å²) in [6.45, 7) is 1.42. The number of ether oxygens (including phenoxy) is 1. The topological polar surface area (TPSA) is 46.6 Å². The Morgan fingerprint density at radius 3 is 2.28 bits per heavy atom. The minimum atomic E-state index is -0.178. The lowest BCUT2D eigenvalue weighted by Gasteiger charge is -2.31. The molecule has 1 aliphatic heterocycles. The van der Waals surface area contributed by atoms with Crippen LogP contribution >= 0.6 is 11.6 Å². The molecule has 4 nitrogen and oxygen atoms in total. The summed E-state index contributed by atoms with van der Waals surface area (Å²) in [5.41, 5.74) is 1.60. The Bertz CT molecular complexity index is 722. The number of likely N-dealkylation sites (tertiary alicyclic amines) is 1. The highest BCUT2D eigenvalue weighted by molar-refractivity contribution is 6.30. The number of rotatable bonds is 4. The van der Waals surface area contributed by atoms with Gasteiger partial charge in [-0.1, -0.05) is 41.9 Å². The fraction of sp³-hybridized carbons (Fsp3) is 0.300. The van der Waals surface area contributed by atoms with Crippen LogP contribution in [0.5, 0.6) is 0 Å². The molecule has 0 N–H and O–H groups in total. The van der Waals surface area contributed by atoms with E-state index in [0.29, 0.717) is 43.1 Å². The molecule has 0 radical (unpaired) electrons. The highest BCUT2D eigenvalue weighted by Gasteiger charge is 2.28. The molecule has 0 bridgehead atoms. The van der Waals surface area contributed by atoms with Gasteiger partial charge in [0.05, 0.1) is 5.92 Å². The van der Waals surface area contributed by atoms with Gasteiger partial charge in [0.2, 0.25) is 0 Å². The molecule has 25 heavy (non-hydrogen) atoms. The van der Waals surface area contributed by atoms with Gasteiger partial charge in [-0.05, 0) is 42.7 Å². The van der Waals surface area contributed by atoms with Gasteiger partial charge in [0, 0.05) is 23.7 Å². The zero-order chi connectivity index (χ0) is 17.6. The first-order valence-electron chi connectivity index (χ1n) is 8.39. The number of carbonyl (C=O) groups excluding carboxylic acids is 2. The quantitative estimate of drug-likeness (QED) is 0.779. The Morgan fingerprint density at radius 2 is 1.64 bits per heavy atom. The molecule has 5 heteroatoms. The summed E-state index contributed by atoms with van der Waals surface area (Å²) in [4.78, 5) is 26.5. The van der Waals surface area contributed by atoms with Crippen molar-refractivity contribution in [3.63, 3.8) is 0 Å². The molecule has 2 aromatic carbocycles. The third-order valence-corrected chi connectivity index (χ3v) is 4.68. The molecule has 1 aliphatic rings. The molecule has 0 atom stereocenters. The fourth-order valence-corrected chi connectivity index (χ4v) is 3.07. The third-order valence-electron chi connectivity index (χ3n) is 4.43. The van der Waals surface area contributed by atoms with Gasteiger partial charge in [-0.3, -0.25) is 9.59 Å². The predicted octanol–water partition coefficient (Wildman–Crippen LogP) is 3.94. The van der Waals surface area contributed by atoms with E-state index < -0.39 is 0 Å². The van der Waals surface area contributed by atoms with Crippen LogP contribution in [-0.2, 0) is 16.1 Å². The van der Waals surface area contributed by atoms with E-state index in [9.17, 15) is 9.59 Å². The maximum Gasteiger partial charge on any atom is 0.309 e. The number of amides is 1. The molecule has 0 spiro atoms. The van der Waals surface area contributed by atoms with Crippen molar-refractivity contribution in [2.75, 3.05) is 13.1 Å². The molecule has 130 valence electrons. The summed E-state index contributed by atoms with van der Waals surface area (Å²) in [6, 6.07) is 16.5. The van der Waals surface area contributed by atoms with Gasteiger partial charge >= 0.3 is 5.97 Å². The normalized spacial score (nSPS) is 15.0. The predicted molar refractivity (Wildman–Crippen MR) is 96.3 cm³/mol. The first-order chi connectivity index (χ1) is 12.1. The second-order valence-electron chi connectivity index (χ2n) is 6.17. The fourth-order valence-electron chi connectivity index (χ4n) is 2.94. The number of carbonyl (C=O) groups is 2. The summed E-state index contributed by atoms with van der Waals surface area (Å²) >= 11 is 5.85. The number of benzene rings is 2. The van der Waals surface area contributed by atoms with Crippen molar-refractivity contribution >= 4 is 23.5 Å². The Balaban J connectivity index is 1.48. The van der Waals surface area contributed by atoms with E-state index in [0.717, 1.165) is 5.56 Å². The highest BCUT2D eigenvalue weighted by Crippen LogP contribution is 2.21. The lowest BCUT2D eigenvalue weighted by molar-refractivity contribution is -0.151. The van der Waals surface area contributed by atoms with Crippen molar-refractivity contribution in [1.82, 2.24) is 4.90 Å². The Morgan fingerprint density at radius 1 is 1.00 bits per heavy atom. The van der Waals surface area contributed by atoms with Crippen molar-refractivity contribution in [1.29, 1.82) is 0 Å². The van der Waals surface area contributed by atoms with Crippen molar-refractivity contribution in [3.8, 4) is 0 Å². The van der Waals surface area contributed by atoms with Crippen LogP contribution in [0.15, 0.2) is 54.6 Å². The number of piperidine rings is 1. The first kappa shape index (κ1) is 17.5. The summed E-state index contributed by atoms with van der Waals surface area (Å²) in [5.74, 6) is -0.340. The van der Waals surface area contributed by atoms with E-state index in [4.69, 9.17) is 16.3 Å². The van der Waals surface area contributed by atoms with E-state index in [1.165, 1.54) is 0 Å². The van der Waals surface area contributed by atoms with Gasteiger partial charge in [-0.15, -0.1) is 0 Å². The third kappa shape index (κ3) is 4.60. The second-order valence-corrected chi connectivity index (χ2v) is 6.60. The molecule has 3 rings (SSSR count). The number of halogens is 1. The Kier molecular flexibility index (Phi) is 5.71. The van der Waals surface area contributed by atoms with Crippen molar-refractivity contribution in [3.05, 3.63) is 70.7 Å². The minimum Gasteiger partial charge on any atom is -0.461 e. The van der Waals surface area contributed by atoms with Gasteiger partial charge < -0.3 is 9.64 Å². The molecule has 0 aliphatic carbocycles. The molecule has 0 unspecified atom stereocenters. The lowest BCUT2D eigenvalue weighted by Crippen LogP contribution is -2.40. The lowest BCUT2D eigenvalue weighted by atomic mass is 9.96. The molecular formula is C20H20ClNO3. The first-order valence-corrected chi connectivity index (χ1v) is 8.76. The minimum absolute atomic E-state index is 0.0206. The van der Waals surface area contributed by atoms with E-state index in [1.807, 2.05) is 30.3 Å². The van der Waals surface area contributed by atoms with Crippen LogP contribution in [-0.4, -0.2) is 29.9 Å². The van der Waals surface area contributed by atoms with Crippen molar-refractivity contribution in [2.24, 2.45) is 5.92 Å². The second kappa shape index (κ2) is 8.17. The zero-order valence-corrected chi connectivity index (χ0v) is 14.6. The Hall–Kier alpha value is -2.33. The molecule has 0 aromatic heterocycles. The van der Waals surface area contributed by atoms with E-state index in [-0.39, 0.29) is 17.8 Å². The Labute approximate surface area is 152 Å². The molecule has 1 heterocycles. The van der Waals surface area contributed by atoms with Crippen LogP contribution in [0, 0.1) is 5.92 Å². The SMILES string of the molecule is O=C(OCc1ccccc1)C1CCN(C(=O)c2ccc(Cl)cc2)CC1. The van der Waals surface area contributed by atoms with Gasteiger partial charge in [0.15, 0.2) is 0 Å². The average Bonchev–Trinajstić information content (AvgIpc) is 2.67. The van der Waals surface area contributed by atoms with Gasteiger partial charge in [0.25, 0.3) is 5.91 Å². The van der Waals surface area contributed by atoms with Crippen LogP contribution < -0.4 is 0 Å². The van der Waals surface area contributed by atoms with Crippen LogP contribution in [0.25, 0.3) is 0 Å². The maximum absolute atomic E-state index is 12.5. The van der Waals surface area contributed by atoms with Gasteiger partial charge in [-0.25, -0.2) is 0 Å². The van der Waals surface area contributed by atoms with Crippen LogP contribution in [0.3, 0.4) is 0 Å². The van der Waals surface area contributed by atoms with Crippen molar-refractivity contribution in [2.45, 2.75) is 19.4 Å². The molecule has 1 saturated heterocycles. The van der Waals surface area contributed by atoms with Crippen LogP contribution in [0.1, 0.15) is 28.8 Å². The number of nitrogens with zero attached hydrogens (tertiary/aromatic N) is 1. The summed E-state index contributed by atoms with van der Waals surface area (Å²) in [5, 5.41) is 0.608. The monoisotopic (exact) mass is 357 g/mol. The summed E-state index contributed by atoms with van der Waals surface area (Å²) in [6.07, 6.45) is 1.26. The van der Waals surface area contributed by atoms with Gasteiger partial charge in [-0.2, -0.15) is 0 Å². The van der Waals surface area contributed by atoms with Crippen molar-refractivity contribution < 1.29 is 14.3 Å². The highest BCUT2D eigenvalue weighted by atomic mass is 35.5. The molecule has 0 saturated carbocycles. The molecular weight excluding hydrogens is 338 g/mol. The summed E-state index contributed by atoms with van der Waals surface area (Å²) in [7, 11) is 0. The summed E-state index contributed by atoms with van der Waals surface area (Å²) < 4.78 is 5.40.